The van der Waals surface area contributed by atoms with Gasteiger partial charge in [-0.2, -0.15) is 0 Å². The molecule has 0 saturated carbocycles. The van der Waals surface area contributed by atoms with Crippen LogP contribution in [0.4, 0.5) is 11.5 Å². The first-order chi connectivity index (χ1) is 12.9. The van der Waals surface area contributed by atoms with Gasteiger partial charge in [-0.25, -0.2) is 0 Å². The number of anilines is 1. The number of nitrogens with zero attached hydrogens (tertiary/aromatic N) is 5. The zero-order valence-electron chi connectivity index (χ0n) is 16.0. The fourth-order valence-corrected chi connectivity index (χ4v) is 3.46. The van der Waals surface area contributed by atoms with Gasteiger partial charge in [0.2, 0.25) is 11.7 Å². The monoisotopic (exact) mass is 371 g/mol. The number of piperazine rings is 1. The summed E-state index contributed by atoms with van der Waals surface area (Å²) in [7, 11) is 0. The molecular weight excluding hydrogens is 346 g/mol. The van der Waals surface area contributed by atoms with Crippen molar-refractivity contribution in [1.82, 2.24) is 14.5 Å². The Labute approximate surface area is 158 Å². The highest BCUT2D eigenvalue weighted by molar-refractivity contribution is 5.76. The van der Waals surface area contributed by atoms with E-state index in [4.69, 9.17) is 0 Å². The van der Waals surface area contributed by atoms with Crippen LogP contribution in [0, 0.1) is 30.9 Å². The molecule has 0 bridgehead atoms. The molecule has 1 aliphatic heterocycles. The number of nitro groups is 1. The molecular formula is C19H25N5O3. The molecule has 1 saturated heterocycles. The van der Waals surface area contributed by atoms with Crippen LogP contribution in [0.2, 0.25) is 0 Å². The topological polar surface area (TPSA) is 84.5 Å². The number of rotatable bonds is 5. The molecule has 1 fully saturated rings. The number of aryl methyl sites for hydroxylation is 3. The largest absolute Gasteiger partial charge is 0.381 e. The third-order valence-electron chi connectivity index (χ3n) is 5.27. The number of aromatic nitrogens is 2. The van der Waals surface area contributed by atoms with Crippen LogP contribution in [-0.2, 0) is 11.3 Å². The lowest BCUT2D eigenvalue weighted by atomic mass is 10.1. The van der Waals surface area contributed by atoms with Crippen molar-refractivity contribution >= 4 is 17.4 Å². The van der Waals surface area contributed by atoms with Gasteiger partial charge in [-0.3, -0.25) is 4.79 Å². The highest BCUT2D eigenvalue weighted by Crippen LogP contribution is 2.24. The van der Waals surface area contributed by atoms with Crippen molar-refractivity contribution < 1.29 is 9.72 Å². The van der Waals surface area contributed by atoms with Gasteiger partial charge < -0.3 is 24.5 Å². The molecule has 0 unspecified atom stereocenters. The maximum Gasteiger partial charge on any atom is 0.381 e. The first-order valence-electron chi connectivity index (χ1n) is 9.14. The quantitative estimate of drug-likeness (QED) is 0.595. The van der Waals surface area contributed by atoms with Gasteiger partial charge in [-0.05, 0) is 40.9 Å². The van der Waals surface area contributed by atoms with E-state index < -0.39 is 4.92 Å². The molecule has 0 atom stereocenters. The minimum atomic E-state index is -0.516. The molecule has 3 rings (SSSR count). The predicted molar refractivity (Wildman–Crippen MR) is 103 cm³/mol. The van der Waals surface area contributed by atoms with Crippen LogP contribution >= 0.6 is 0 Å². The summed E-state index contributed by atoms with van der Waals surface area (Å²) in [6.07, 6.45) is 1.71. The minimum absolute atomic E-state index is 0.0753. The zero-order valence-corrected chi connectivity index (χ0v) is 16.0. The third kappa shape index (κ3) is 4.10. The van der Waals surface area contributed by atoms with E-state index in [0.29, 0.717) is 31.9 Å². The van der Waals surface area contributed by atoms with Crippen LogP contribution < -0.4 is 4.90 Å². The van der Waals surface area contributed by atoms with Gasteiger partial charge >= 0.3 is 5.82 Å². The average Bonchev–Trinajstić information content (AvgIpc) is 3.03. The van der Waals surface area contributed by atoms with E-state index in [1.54, 1.807) is 11.5 Å². The van der Waals surface area contributed by atoms with Gasteiger partial charge in [0.15, 0.2) is 0 Å². The highest BCUT2D eigenvalue weighted by Gasteiger charge is 2.23. The van der Waals surface area contributed by atoms with Crippen molar-refractivity contribution in [1.29, 1.82) is 0 Å². The summed E-state index contributed by atoms with van der Waals surface area (Å²) in [4.78, 5) is 30.9. The van der Waals surface area contributed by atoms with Crippen LogP contribution in [0.5, 0.6) is 0 Å². The van der Waals surface area contributed by atoms with Crippen molar-refractivity contribution in [2.24, 2.45) is 0 Å². The van der Waals surface area contributed by atoms with Gasteiger partial charge in [0.1, 0.15) is 6.20 Å². The fourth-order valence-electron chi connectivity index (χ4n) is 3.46. The second kappa shape index (κ2) is 7.77. The molecule has 0 radical (unpaired) electrons. The Kier molecular flexibility index (Phi) is 5.43. The highest BCUT2D eigenvalue weighted by atomic mass is 16.6. The van der Waals surface area contributed by atoms with Gasteiger partial charge in [0.05, 0.1) is 0 Å². The van der Waals surface area contributed by atoms with Gasteiger partial charge in [-0.1, -0.05) is 12.1 Å². The molecule has 2 heterocycles. The second-order valence-corrected chi connectivity index (χ2v) is 6.93. The third-order valence-corrected chi connectivity index (χ3v) is 5.27. The molecule has 8 heteroatoms. The fraction of sp³-hybridized carbons (Fsp3) is 0.474. The number of carbonyl (C=O) groups excluding carboxylic acids is 1. The van der Waals surface area contributed by atoms with E-state index in [0.717, 1.165) is 13.1 Å². The van der Waals surface area contributed by atoms with Crippen molar-refractivity contribution in [3.05, 3.63) is 51.5 Å². The van der Waals surface area contributed by atoms with Gasteiger partial charge in [0, 0.05) is 51.8 Å². The maximum atomic E-state index is 12.5. The number of imidazole rings is 1. The van der Waals surface area contributed by atoms with E-state index in [9.17, 15) is 14.9 Å². The van der Waals surface area contributed by atoms with E-state index in [1.807, 2.05) is 4.90 Å². The number of hydrogen-bond acceptors (Lipinski definition) is 5. The molecule has 1 aromatic carbocycles. The summed E-state index contributed by atoms with van der Waals surface area (Å²) in [5, 5.41) is 10.8. The smallest absolute Gasteiger partial charge is 0.368 e. The molecule has 1 aromatic heterocycles. The SMILES string of the molecule is Cc1cccc(N2CCN(C(=O)CCn3cc([N+](=O)[O-])nc3C)CC2)c1C. The van der Waals surface area contributed by atoms with E-state index >= 15 is 0 Å². The summed E-state index contributed by atoms with van der Waals surface area (Å²) in [6, 6.07) is 6.32. The van der Waals surface area contributed by atoms with Crippen LogP contribution in [0.1, 0.15) is 23.4 Å². The average molecular weight is 371 g/mol. The van der Waals surface area contributed by atoms with Gasteiger partial charge in [-0.15, -0.1) is 0 Å². The Bertz CT molecular complexity index is 853. The molecule has 0 spiro atoms. The Hall–Kier alpha value is -2.90. The summed E-state index contributed by atoms with van der Waals surface area (Å²) >= 11 is 0. The molecule has 1 amide bonds. The lowest BCUT2D eigenvalue weighted by Gasteiger charge is -2.37. The lowest BCUT2D eigenvalue weighted by Crippen LogP contribution is -2.49. The van der Waals surface area contributed by atoms with Crippen LogP contribution in [-0.4, -0.2) is 51.5 Å². The summed E-state index contributed by atoms with van der Waals surface area (Å²) in [5.74, 6) is 0.447. The normalized spacial score (nSPS) is 14.5. The van der Waals surface area contributed by atoms with E-state index in [1.165, 1.54) is 23.0 Å². The molecule has 27 heavy (non-hydrogen) atoms. The minimum Gasteiger partial charge on any atom is -0.368 e. The Morgan fingerprint density at radius 1 is 1.19 bits per heavy atom. The first kappa shape index (κ1) is 18.9. The Balaban J connectivity index is 1.54. The first-order valence-corrected chi connectivity index (χ1v) is 9.14. The van der Waals surface area contributed by atoms with Crippen LogP contribution in [0.25, 0.3) is 0 Å². The number of carbonyl (C=O) groups is 1. The Morgan fingerprint density at radius 2 is 1.89 bits per heavy atom. The van der Waals surface area contributed by atoms with Crippen molar-refractivity contribution in [2.75, 3.05) is 31.1 Å². The molecule has 1 aliphatic rings. The number of hydrogen-bond donors (Lipinski definition) is 0. The molecule has 8 nitrogen and oxygen atoms in total. The van der Waals surface area contributed by atoms with E-state index in [-0.39, 0.29) is 11.7 Å². The predicted octanol–water partition coefficient (Wildman–Crippen LogP) is 2.46. The molecule has 0 aliphatic carbocycles. The van der Waals surface area contributed by atoms with Crippen molar-refractivity contribution in [3.63, 3.8) is 0 Å². The molecule has 0 N–H and O–H groups in total. The van der Waals surface area contributed by atoms with Gasteiger partial charge in [0.25, 0.3) is 0 Å². The van der Waals surface area contributed by atoms with Crippen LogP contribution in [0.15, 0.2) is 24.4 Å². The van der Waals surface area contributed by atoms with Crippen molar-refractivity contribution in [3.8, 4) is 0 Å². The lowest BCUT2D eigenvalue weighted by molar-refractivity contribution is -0.389. The molecule has 2 aromatic rings. The Morgan fingerprint density at radius 3 is 2.52 bits per heavy atom. The standard InChI is InChI=1S/C19H25N5O3/c1-14-5-4-6-17(15(14)2)21-9-11-22(12-10-21)19(25)7-8-23-13-18(24(26)27)20-16(23)3/h4-6,13H,7-12H2,1-3H3. The summed E-state index contributed by atoms with van der Waals surface area (Å²) in [5.41, 5.74) is 3.80. The number of benzene rings is 1. The van der Waals surface area contributed by atoms with Crippen LogP contribution in [0.3, 0.4) is 0 Å². The number of amides is 1. The summed E-state index contributed by atoms with van der Waals surface area (Å²) < 4.78 is 1.67. The van der Waals surface area contributed by atoms with Crippen molar-refractivity contribution in [2.45, 2.75) is 33.7 Å². The molecule has 144 valence electrons. The second-order valence-electron chi connectivity index (χ2n) is 6.93. The maximum absolute atomic E-state index is 12.5. The van der Waals surface area contributed by atoms with E-state index in [2.05, 4.69) is 41.9 Å². The summed E-state index contributed by atoms with van der Waals surface area (Å²) in [6.45, 7) is 9.36. The zero-order chi connectivity index (χ0) is 19.6.